The quantitative estimate of drug-likeness (QED) is 0.547. The summed E-state index contributed by atoms with van der Waals surface area (Å²) in [6, 6.07) is 7.09. The number of nitrogens with zero attached hydrogens (tertiary/aromatic N) is 1. The van der Waals surface area contributed by atoms with E-state index < -0.39 is 15.8 Å². The molecule has 1 aromatic carbocycles. The largest absolute Gasteiger partial charge is 0.497 e. The molecule has 28 heavy (non-hydrogen) atoms. The van der Waals surface area contributed by atoms with Gasteiger partial charge in [-0.1, -0.05) is 25.5 Å². The Labute approximate surface area is 166 Å². The molecule has 1 amide bonds. The normalized spacial score (nSPS) is 17.9. The van der Waals surface area contributed by atoms with Crippen molar-refractivity contribution in [2.24, 2.45) is 0 Å². The van der Waals surface area contributed by atoms with Crippen LogP contribution in [-0.2, 0) is 30.6 Å². The maximum Gasteiger partial charge on any atom is 0.306 e. The number of hydrogen-bond donors (Lipinski definition) is 0. The summed E-state index contributed by atoms with van der Waals surface area (Å²) in [5.74, 6) is 0.0772. The van der Waals surface area contributed by atoms with Gasteiger partial charge in [0.25, 0.3) is 5.91 Å². The highest BCUT2D eigenvalue weighted by atomic mass is 32.2. The van der Waals surface area contributed by atoms with Gasteiger partial charge in [-0.15, -0.1) is 0 Å². The van der Waals surface area contributed by atoms with Gasteiger partial charge < -0.3 is 14.4 Å². The molecule has 156 valence electrons. The fourth-order valence-electron chi connectivity index (χ4n) is 3.20. The van der Waals surface area contributed by atoms with E-state index >= 15 is 0 Å². The van der Waals surface area contributed by atoms with Crippen LogP contribution in [0.2, 0.25) is 0 Å². The molecule has 0 bridgehead atoms. The minimum atomic E-state index is -3.09. The predicted molar refractivity (Wildman–Crippen MR) is 106 cm³/mol. The Bertz CT molecular complexity index is 759. The van der Waals surface area contributed by atoms with E-state index in [4.69, 9.17) is 9.47 Å². The smallest absolute Gasteiger partial charge is 0.306 e. The van der Waals surface area contributed by atoms with E-state index in [9.17, 15) is 18.0 Å². The number of unbranched alkanes of at least 4 members (excludes halogenated alkanes) is 1. The van der Waals surface area contributed by atoms with E-state index in [-0.39, 0.29) is 36.5 Å². The fraction of sp³-hybridized carbons (Fsp3) is 0.600. The number of ether oxygens (including phenoxy) is 2. The third-order valence-electron chi connectivity index (χ3n) is 4.86. The highest BCUT2D eigenvalue weighted by Gasteiger charge is 2.34. The molecule has 1 unspecified atom stereocenters. The fourth-order valence-corrected chi connectivity index (χ4v) is 4.93. The number of methoxy groups -OCH3 is 1. The molecule has 1 heterocycles. The van der Waals surface area contributed by atoms with Crippen LogP contribution in [0, 0.1) is 0 Å². The zero-order valence-corrected chi connectivity index (χ0v) is 17.4. The molecular weight excluding hydrogens is 382 g/mol. The zero-order valence-electron chi connectivity index (χ0n) is 16.6. The van der Waals surface area contributed by atoms with Gasteiger partial charge >= 0.3 is 5.97 Å². The Kier molecular flexibility index (Phi) is 8.29. The summed E-state index contributed by atoms with van der Waals surface area (Å²) in [5.41, 5.74) is 0.977. The van der Waals surface area contributed by atoms with Crippen molar-refractivity contribution >= 4 is 21.7 Å². The number of carbonyl (C=O) groups is 2. The standard InChI is InChI=1S/C20H29NO6S/c1-3-4-12-21(17-11-13-28(24,25)15-17)19(22)14-27-20(23)10-7-16-5-8-18(26-2)9-6-16/h5-6,8-9,17H,3-4,7,10-15H2,1-2H3. The van der Waals surface area contributed by atoms with Gasteiger partial charge in [-0.3, -0.25) is 9.59 Å². The summed E-state index contributed by atoms with van der Waals surface area (Å²) < 4.78 is 33.7. The average molecular weight is 412 g/mol. The summed E-state index contributed by atoms with van der Waals surface area (Å²) in [5, 5.41) is 0. The van der Waals surface area contributed by atoms with Crippen molar-refractivity contribution in [2.45, 2.75) is 45.1 Å². The SMILES string of the molecule is CCCCN(C(=O)COC(=O)CCc1ccc(OC)cc1)C1CCS(=O)(=O)C1. The van der Waals surface area contributed by atoms with Crippen LogP contribution in [0.15, 0.2) is 24.3 Å². The van der Waals surface area contributed by atoms with Gasteiger partial charge in [0.05, 0.1) is 18.6 Å². The van der Waals surface area contributed by atoms with Gasteiger partial charge in [0.2, 0.25) is 0 Å². The Balaban J connectivity index is 1.82. The summed E-state index contributed by atoms with van der Waals surface area (Å²) in [6.45, 7) is 2.15. The first-order chi connectivity index (χ1) is 13.3. The van der Waals surface area contributed by atoms with Crippen molar-refractivity contribution in [1.29, 1.82) is 0 Å². The van der Waals surface area contributed by atoms with Crippen molar-refractivity contribution in [2.75, 3.05) is 31.8 Å². The lowest BCUT2D eigenvalue weighted by Crippen LogP contribution is -2.43. The number of aryl methyl sites for hydroxylation is 1. The lowest BCUT2D eigenvalue weighted by Gasteiger charge is -2.28. The first kappa shape index (κ1) is 22.2. The second kappa shape index (κ2) is 10.5. The Morgan fingerprint density at radius 1 is 1.21 bits per heavy atom. The van der Waals surface area contributed by atoms with Crippen molar-refractivity contribution in [3.8, 4) is 5.75 Å². The van der Waals surface area contributed by atoms with Crippen LogP contribution in [0.25, 0.3) is 0 Å². The second-order valence-electron chi connectivity index (χ2n) is 7.01. The highest BCUT2D eigenvalue weighted by Crippen LogP contribution is 2.19. The summed E-state index contributed by atoms with van der Waals surface area (Å²) in [7, 11) is -1.49. The molecule has 1 aromatic rings. The monoisotopic (exact) mass is 411 g/mol. The molecule has 0 spiro atoms. The van der Waals surface area contributed by atoms with Crippen molar-refractivity contribution in [1.82, 2.24) is 4.90 Å². The molecule has 1 atom stereocenters. The third-order valence-corrected chi connectivity index (χ3v) is 6.61. The van der Waals surface area contributed by atoms with E-state index in [0.29, 0.717) is 19.4 Å². The van der Waals surface area contributed by atoms with Crippen LogP contribution >= 0.6 is 0 Å². The number of rotatable bonds is 10. The predicted octanol–water partition coefficient (Wildman–Crippen LogP) is 1.99. The Hall–Kier alpha value is -2.09. The van der Waals surface area contributed by atoms with Gasteiger partial charge in [0, 0.05) is 19.0 Å². The van der Waals surface area contributed by atoms with E-state index in [0.717, 1.165) is 24.2 Å². The summed E-state index contributed by atoms with van der Waals surface area (Å²) in [6.07, 6.45) is 2.81. The Morgan fingerprint density at radius 2 is 1.93 bits per heavy atom. The molecule has 0 aliphatic carbocycles. The van der Waals surface area contributed by atoms with Crippen molar-refractivity contribution < 1.29 is 27.5 Å². The lowest BCUT2D eigenvalue weighted by molar-refractivity contribution is -0.152. The molecule has 8 heteroatoms. The summed E-state index contributed by atoms with van der Waals surface area (Å²) in [4.78, 5) is 26.1. The Morgan fingerprint density at radius 3 is 2.50 bits per heavy atom. The molecule has 0 N–H and O–H groups in total. The van der Waals surface area contributed by atoms with E-state index in [1.807, 2.05) is 31.2 Å². The molecule has 1 fully saturated rings. The molecule has 0 radical (unpaired) electrons. The van der Waals surface area contributed by atoms with Crippen LogP contribution in [0.5, 0.6) is 5.75 Å². The molecule has 0 saturated carbocycles. The van der Waals surface area contributed by atoms with Crippen LogP contribution in [-0.4, -0.2) is 63.0 Å². The number of benzene rings is 1. The number of sulfone groups is 1. The van der Waals surface area contributed by atoms with Crippen LogP contribution in [0.4, 0.5) is 0 Å². The summed E-state index contributed by atoms with van der Waals surface area (Å²) >= 11 is 0. The van der Waals surface area contributed by atoms with Crippen molar-refractivity contribution in [3.05, 3.63) is 29.8 Å². The maximum atomic E-state index is 12.5. The second-order valence-corrected chi connectivity index (χ2v) is 9.24. The minimum absolute atomic E-state index is 0.00608. The number of amides is 1. The molecule has 1 aliphatic heterocycles. The number of carbonyl (C=O) groups excluding carboxylic acids is 2. The highest BCUT2D eigenvalue weighted by molar-refractivity contribution is 7.91. The van der Waals surface area contributed by atoms with Gasteiger partial charge in [0.1, 0.15) is 5.75 Å². The maximum absolute atomic E-state index is 12.5. The van der Waals surface area contributed by atoms with E-state index in [2.05, 4.69) is 0 Å². The van der Waals surface area contributed by atoms with Gasteiger partial charge in [-0.05, 0) is 37.0 Å². The first-order valence-corrected chi connectivity index (χ1v) is 11.4. The topological polar surface area (TPSA) is 90.0 Å². The molecular formula is C20H29NO6S. The van der Waals surface area contributed by atoms with Crippen molar-refractivity contribution in [3.63, 3.8) is 0 Å². The van der Waals surface area contributed by atoms with Crippen LogP contribution < -0.4 is 4.74 Å². The van der Waals surface area contributed by atoms with Crippen LogP contribution in [0.1, 0.15) is 38.2 Å². The van der Waals surface area contributed by atoms with Crippen LogP contribution in [0.3, 0.4) is 0 Å². The third kappa shape index (κ3) is 6.82. The molecule has 1 saturated heterocycles. The average Bonchev–Trinajstić information content (AvgIpc) is 3.04. The zero-order chi connectivity index (χ0) is 20.6. The lowest BCUT2D eigenvalue weighted by atomic mass is 10.1. The molecule has 7 nitrogen and oxygen atoms in total. The number of esters is 1. The van der Waals surface area contributed by atoms with Gasteiger partial charge in [0.15, 0.2) is 16.4 Å². The van der Waals surface area contributed by atoms with Gasteiger partial charge in [-0.2, -0.15) is 0 Å². The molecule has 1 aliphatic rings. The molecule has 0 aromatic heterocycles. The molecule has 2 rings (SSSR count). The first-order valence-electron chi connectivity index (χ1n) is 9.63. The van der Waals surface area contributed by atoms with E-state index in [1.165, 1.54) is 0 Å². The van der Waals surface area contributed by atoms with Gasteiger partial charge in [-0.25, -0.2) is 8.42 Å². The number of hydrogen-bond acceptors (Lipinski definition) is 6. The van der Waals surface area contributed by atoms with E-state index in [1.54, 1.807) is 12.0 Å². The minimum Gasteiger partial charge on any atom is -0.497 e.